The van der Waals surface area contributed by atoms with Crippen LogP contribution in [-0.2, 0) is 9.59 Å². The van der Waals surface area contributed by atoms with E-state index in [4.69, 9.17) is 11.6 Å². The Kier molecular flexibility index (Phi) is 5.22. The first-order valence-corrected chi connectivity index (χ1v) is 9.92. The van der Waals surface area contributed by atoms with Crippen LogP contribution in [0.2, 0.25) is 5.02 Å². The minimum Gasteiger partial charge on any atom is -0.353 e. The molecule has 2 aromatic rings. The molecular weight excluding hydrogens is 376 g/mol. The quantitative estimate of drug-likeness (QED) is 0.797. The van der Waals surface area contributed by atoms with Crippen molar-refractivity contribution in [3.63, 3.8) is 0 Å². The van der Waals surface area contributed by atoms with E-state index >= 15 is 0 Å². The molecule has 1 aromatic heterocycles. The molecule has 0 saturated carbocycles. The number of rotatable bonds is 3. The standard InChI is InChI=1S/C21H23ClN4O2/c1-15-5-6-17(22)13-18(15)26-14-16(12-20(26)27)21(28)25-10-8-24(9-11-25)19-4-2-3-7-23-19/h2-7,13,16H,8-12,14H2,1H3. The molecule has 2 amide bonds. The lowest BCUT2D eigenvalue weighted by Crippen LogP contribution is -2.51. The van der Waals surface area contributed by atoms with Gasteiger partial charge in [0.15, 0.2) is 0 Å². The number of pyridine rings is 1. The number of carbonyl (C=O) groups is 2. The van der Waals surface area contributed by atoms with E-state index in [0.717, 1.165) is 30.2 Å². The van der Waals surface area contributed by atoms with E-state index in [9.17, 15) is 9.59 Å². The number of amides is 2. The molecule has 146 valence electrons. The van der Waals surface area contributed by atoms with Crippen LogP contribution in [-0.4, -0.2) is 54.4 Å². The van der Waals surface area contributed by atoms with E-state index in [1.165, 1.54) is 0 Å². The lowest BCUT2D eigenvalue weighted by Gasteiger charge is -2.36. The maximum absolute atomic E-state index is 13.0. The molecule has 0 N–H and O–H groups in total. The smallest absolute Gasteiger partial charge is 0.228 e. The van der Waals surface area contributed by atoms with Gasteiger partial charge in [-0.15, -0.1) is 0 Å². The van der Waals surface area contributed by atoms with Crippen LogP contribution in [0.25, 0.3) is 0 Å². The summed E-state index contributed by atoms with van der Waals surface area (Å²) in [6.07, 6.45) is 2.04. The summed E-state index contributed by atoms with van der Waals surface area (Å²) < 4.78 is 0. The molecule has 1 aromatic carbocycles. The predicted molar refractivity (Wildman–Crippen MR) is 110 cm³/mol. The number of carbonyl (C=O) groups excluding carboxylic acids is 2. The van der Waals surface area contributed by atoms with E-state index in [1.54, 1.807) is 17.2 Å². The Labute approximate surface area is 169 Å². The first-order chi connectivity index (χ1) is 13.5. The highest BCUT2D eigenvalue weighted by Gasteiger charge is 2.38. The molecule has 0 spiro atoms. The summed E-state index contributed by atoms with van der Waals surface area (Å²) in [4.78, 5) is 35.7. The molecule has 2 saturated heterocycles. The highest BCUT2D eigenvalue weighted by molar-refractivity contribution is 6.31. The van der Waals surface area contributed by atoms with E-state index < -0.39 is 0 Å². The summed E-state index contributed by atoms with van der Waals surface area (Å²) in [5.74, 6) is 0.688. The lowest BCUT2D eigenvalue weighted by atomic mass is 10.1. The highest BCUT2D eigenvalue weighted by Crippen LogP contribution is 2.31. The van der Waals surface area contributed by atoms with Crippen LogP contribution in [0.1, 0.15) is 12.0 Å². The average Bonchev–Trinajstić information content (AvgIpc) is 3.11. The van der Waals surface area contributed by atoms with Gasteiger partial charge in [0.05, 0.1) is 5.92 Å². The Bertz CT molecular complexity index is 881. The van der Waals surface area contributed by atoms with Crippen LogP contribution in [0.3, 0.4) is 0 Å². The van der Waals surface area contributed by atoms with Gasteiger partial charge in [-0.2, -0.15) is 0 Å². The molecule has 3 heterocycles. The van der Waals surface area contributed by atoms with Crippen LogP contribution in [0.15, 0.2) is 42.6 Å². The minimum atomic E-state index is -0.299. The second-order valence-corrected chi connectivity index (χ2v) is 7.77. The van der Waals surface area contributed by atoms with Gasteiger partial charge >= 0.3 is 0 Å². The SMILES string of the molecule is Cc1ccc(Cl)cc1N1CC(C(=O)N2CCN(c3ccccn3)CC2)CC1=O. The summed E-state index contributed by atoms with van der Waals surface area (Å²) in [5, 5.41) is 0.591. The maximum Gasteiger partial charge on any atom is 0.228 e. The predicted octanol–water partition coefficient (Wildman–Crippen LogP) is 2.75. The molecule has 2 aliphatic heterocycles. The van der Waals surface area contributed by atoms with Crippen LogP contribution < -0.4 is 9.80 Å². The summed E-state index contributed by atoms with van der Waals surface area (Å²) in [7, 11) is 0. The third-order valence-electron chi connectivity index (χ3n) is 5.50. The molecule has 0 aliphatic carbocycles. The van der Waals surface area contributed by atoms with E-state index in [-0.39, 0.29) is 24.2 Å². The number of piperazine rings is 1. The third-order valence-corrected chi connectivity index (χ3v) is 5.74. The molecule has 6 nitrogen and oxygen atoms in total. The number of hydrogen-bond acceptors (Lipinski definition) is 4. The Hall–Kier alpha value is -2.60. The molecule has 28 heavy (non-hydrogen) atoms. The van der Waals surface area contributed by atoms with Gasteiger partial charge in [-0.1, -0.05) is 23.7 Å². The molecule has 1 unspecified atom stereocenters. The van der Waals surface area contributed by atoms with Crippen molar-refractivity contribution in [2.24, 2.45) is 5.92 Å². The Morgan fingerprint density at radius 1 is 1.14 bits per heavy atom. The summed E-state index contributed by atoms with van der Waals surface area (Å²) in [5.41, 5.74) is 1.78. The number of benzene rings is 1. The average molecular weight is 399 g/mol. The zero-order valence-electron chi connectivity index (χ0n) is 15.8. The fourth-order valence-electron chi connectivity index (χ4n) is 3.93. The van der Waals surface area contributed by atoms with Crippen molar-refractivity contribution >= 4 is 34.9 Å². The molecule has 1 atom stereocenters. The number of aromatic nitrogens is 1. The summed E-state index contributed by atoms with van der Waals surface area (Å²) >= 11 is 6.10. The van der Waals surface area contributed by atoms with Crippen LogP contribution >= 0.6 is 11.6 Å². The number of halogens is 1. The van der Waals surface area contributed by atoms with Gasteiger partial charge < -0.3 is 14.7 Å². The van der Waals surface area contributed by atoms with Gasteiger partial charge in [0.25, 0.3) is 0 Å². The van der Waals surface area contributed by atoms with Gasteiger partial charge in [0.2, 0.25) is 11.8 Å². The zero-order chi connectivity index (χ0) is 19.7. The van der Waals surface area contributed by atoms with Gasteiger partial charge in [-0.05, 0) is 36.8 Å². The number of nitrogens with zero attached hydrogens (tertiary/aromatic N) is 4. The van der Waals surface area contributed by atoms with E-state index in [0.29, 0.717) is 24.7 Å². The van der Waals surface area contributed by atoms with Crippen molar-refractivity contribution in [3.8, 4) is 0 Å². The van der Waals surface area contributed by atoms with E-state index in [2.05, 4.69) is 9.88 Å². The maximum atomic E-state index is 13.0. The highest BCUT2D eigenvalue weighted by atomic mass is 35.5. The molecule has 2 aliphatic rings. The Morgan fingerprint density at radius 2 is 1.93 bits per heavy atom. The summed E-state index contributed by atoms with van der Waals surface area (Å²) in [6.45, 7) is 5.16. The molecule has 2 fully saturated rings. The van der Waals surface area contributed by atoms with Crippen molar-refractivity contribution in [1.82, 2.24) is 9.88 Å². The Morgan fingerprint density at radius 3 is 2.64 bits per heavy atom. The topological polar surface area (TPSA) is 56.8 Å². The lowest BCUT2D eigenvalue weighted by molar-refractivity contribution is -0.136. The van der Waals surface area contributed by atoms with Crippen LogP contribution in [0.5, 0.6) is 0 Å². The van der Waals surface area contributed by atoms with E-state index in [1.807, 2.05) is 42.2 Å². The molecular formula is C21H23ClN4O2. The fraction of sp³-hybridized carbons (Fsp3) is 0.381. The van der Waals surface area contributed by atoms with Gasteiger partial charge in [0, 0.05) is 56.1 Å². The number of aryl methyl sites for hydroxylation is 1. The fourth-order valence-corrected chi connectivity index (χ4v) is 4.10. The van der Waals surface area contributed by atoms with Gasteiger partial charge in [-0.3, -0.25) is 9.59 Å². The second kappa shape index (κ2) is 7.80. The molecule has 4 rings (SSSR count). The van der Waals surface area contributed by atoms with Crippen molar-refractivity contribution in [2.45, 2.75) is 13.3 Å². The molecule has 0 bridgehead atoms. The molecule has 7 heteroatoms. The monoisotopic (exact) mass is 398 g/mol. The number of anilines is 2. The Balaban J connectivity index is 1.40. The van der Waals surface area contributed by atoms with Crippen LogP contribution in [0, 0.1) is 12.8 Å². The van der Waals surface area contributed by atoms with Crippen molar-refractivity contribution < 1.29 is 9.59 Å². The third kappa shape index (κ3) is 3.69. The minimum absolute atomic E-state index is 0.0177. The second-order valence-electron chi connectivity index (χ2n) is 7.34. The van der Waals surface area contributed by atoms with Gasteiger partial charge in [0.1, 0.15) is 5.82 Å². The zero-order valence-corrected chi connectivity index (χ0v) is 16.6. The van der Waals surface area contributed by atoms with Gasteiger partial charge in [-0.25, -0.2) is 4.98 Å². The largest absolute Gasteiger partial charge is 0.353 e. The normalized spacial score (nSPS) is 20.0. The van der Waals surface area contributed by atoms with Crippen molar-refractivity contribution in [1.29, 1.82) is 0 Å². The number of hydrogen-bond donors (Lipinski definition) is 0. The summed E-state index contributed by atoms with van der Waals surface area (Å²) in [6, 6.07) is 11.4. The molecule has 0 radical (unpaired) electrons. The first-order valence-electron chi connectivity index (χ1n) is 9.54. The van der Waals surface area contributed by atoms with Crippen molar-refractivity contribution in [2.75, 3.05) is 42.5 Å². The van der Waals surface area contributed by atoms with Crippen LogP contribution in [0.4, 0.5) is 11.5 Å². The first kappa shape index (κ1) is 18.7. The van der Waals surface area contributed by atoms with Crippen molar-refractivity contribution in [3.05, 3.63) is 53.2 Å².